The van der Waals surface area contributed by atoms with Crippen LogP contribution in [0.3, 0.4) is 0 Å². The highest BCUT2D eigenvalue weighted by Gasteiger charge is 2.29. The number of benzene rings is 1. The lowest BCUT2D eigenvalue weighted by Gasteiger charge is -2.12. The van der Waals surface area contributed by atoms with E-state index in [0.29, 0.717) is 11.4 Å². The molecular formula is C14H14F3N3O. The van der Waals surface area contributed by atoms with Crippen molar-refractivity contribution in [2.24, 2.45) is 0 Å². The van der Waals surface area contributed by atoms with Crippen LogP contribution >= 0.6 is 0 Å². The predicted molar refractivity (Wildman–Crippen MR) is 70.3 cm³/mol. The molecule has 0 saturated heterocycles. The summed E-state index contributed by atoms with van der Waals surface area (Å²) in [6.07, 6.45) is -1.13. The molecule has 1 heterocycles. The Bertz CT molecular complexity index is 591. The number of carbonyl (C=O) groups is 1. The zero-order valence-electron chi connectivity index (χ0n) is 11.2. The van der Waals surface area contributed by atoms with Gasteiger partial charge in [0, 0.05) is 12.4 Å². The molecule has 4 nitrogen and oxygen atoms in total. The van der Waals surface area contributed by atoms with E-state index >= 15 is 0 Å². The van der Waals surface area contributed by atoms with Gasteiger partial charge in [0.2, 0.25) is 5.91 Å². The lowest BCUT2D eigenvalue weighted by molar-refractivity contribution is -0.137. The maximum absolute atomic E-state index is 12.4. The van der Waals surface area contributed by atoms with Crippen molar-refractivity contribution in [3.8, 4) is 0 Å². The minimum atomic E-state index is -4.37. The van der Waals surface area contributed by atoms with Crippen LogP contribution in [-0.4, -0.2) is 15.9 Å². The first kappa shape index (κ1) is 15.1. The molecule has 112 valence electrons. The van der Waals surface area contributed by atoms with Crippen LogP contribution < -0.4 is 5.32 Å². The summed E-state index contributed by atoms with van der Waals surface area (Å²) in [5.41, 5.74) is -0.206. The van der Waals surface area contributed by atoms with Gasteiger partial charge >= 0.3 is 6.18 Å². The third kappa shape index (κ3) is 4.08. The molecule has 2 aromatic rings. The van der Waals surface area contributed by atoms with Crippen molar-refractivity contribution in [2.75, 3.05) is 0 Å². The fourth-order valence-electron chi connectivity index (χ4n) is 1.87. The van der Waals surface area contributed by atoms with Crippen LogP contribution in [0.5, 0.6) is 0 Å². The number of alkyl halides is 3. The molecule has 0 radical (unpaired) electrons. The first-order valence-corrected chi connectivity index (χ1v) is 6.31. The molecule has 1 amide bonds. The number of aromatic nitrogens is 2. The molecule has 1 atom stereocenters. The van der Waals surface area contributed by atoms with Gasteiger partial charge in [-0.15, -0.1) is 0 Å². The Balaban J connectivity index is 1.94. The summed E-state index contributed by atoms with van der Waals surface area (Å²) in [4.78, 5) is 18.7. The van der Waals surface area contributed by atoms with Gasteiger partial charge in [-0.05, 0) is 24.6 Å². The molecule has 21 heavy (non-hydrogen) atoms. The number of halogens is 3. The number of hydrogen-bond acceptors (Lipinski definition) is 2. The monoisotopic (exact) mass is 297 g/mol. The standard InChI is InChI=1S/C14H14F3N3O/c1-9(13-18-6-7-19-13)20-12(21)8-10-2-4-11(5-3-10)14(15,16)17/h2-7,9H,8H2,1H3,(H,18,19)(H,20,21). The number of imidazole rings is 1. The highest BCUT2D eigenvalue weighted by atomic mass is 19.4. The normalized spacial score (nSPS) is 13.0. The zero-order valence-corrected chi connectivity index (χ0v) is 11.2. The third-order valence-electron chi connectivity index (χ3n) is 2.95. The van der Waals surface area contributed by atoms with Crippen LogP contribution in [0, 0.1) is 0 Å². The number of rotatable bonds is 4. The first-order chi connectivity index (χ1) is 9.86. The molecule has 1 aromatic carbocycles. The summed E-state index contributed by atoms with van der Waals surface area (Å²) >= 11 is 0. The number of aromatic amines is 1. The fraction of sp³-hybridized carbons (Fsp3) is 0.286. The first-order valence-electron chi connectivity index (χ1n) is 6.31. The second kappa shape index (κ2) is 5.99. The Morgan fingerprint density at radius 2 is 2.00 bits per heavy atom. The molecule has 0 aliphatic rings. The van der Waals surface area contributed by atoms with E-state index in [2.05, 4.69) is 15.3 Å². The molecule has 0 fully saturated rings. The van der Waals surface area contributed by atoms with Crippen molar-refractivity contribution < 1.29 is 18.0 Å². The number of nitrogens with one attached hydrogen (secondary N) is 2. The largest absolute Gasteiger partial charge is 0.416 e. The van der Waals surface area contributed by atoms with Crippen molar-refractivity contribution in [3.05, 3.63) is 53.6 Å². The van der Waals surface area contributed by atoms with Crippen LogP contribution in [0.15, 0.2) is 36.7 Å². The Kier molecular flexibility index (Phi) is 4.30. The molecule has 2 N–H and O–H groups in total. The summed E-state index contributed by atoms with van der Waals surface area (Å²) in [5.74, 6) is 0.342. The average molecular weight is 297 g/mol. The maximum atomic E-state index is 12.4. The summed E-state index contributed by atoms with van der Waals surface area (Å²) in [7, 11) is 0. The molecule has 2 rings (SSSR count). The minimum Gasteiger partial charge on any atom is -0.347 e. The van der Waals surface area contributed by atoms with Crippen LogP contribution in [-0.2, 0) is 17.4 Å². The van der Waals surface area contributed by atoms with Crippen LogP contribution in [0.1, 0.15) is 29.9 Å². The molecule has 1 aromatic heterocycles. The third-order valence-corrected chi connectivity index (χ3v) is 2.95. The Labute approximate surface area is 119 Å². The molecule has 0 aliphatic carbocycles. The molecule has 0 spiro atoms. The van der Waals surface area contributed by atoms with Gasteiger partial charge in [0.25, 0.3) is 0 Å². The summed E-state index contributed by atoms with van der Waals surface area (Å²) in [5, 5.41) is 2.72. The summed E-state index contributed by atoms with van der Waals surface area (Å²) in [6, 6.07) is 4.26. The van der Waals surface area contributed by atoms with Gasteiger partial charge in [-0.2, -0.15) is 13.2 Å². The Morgan fingerprint density at radius 1 is 1.33 bits per heavy atom. The van der Waals surface area contributed by atoms with Crippen LogP contribution in [0.2, 0.25) is 0 Å². The Morgan fingerprint density at radius 3 is 2.52 bits per heavy atom. The van der Waals surface area contributed by atoms with Crippen molar-refractivity contribution in [1.82, 2.24) is 15.3 Å². The van der Waals surface area contributed by atoms with Gasteiger partial charge in [0.1, 0.15) is 5.82 Å². The molecule has 0 aliphatic heterocycles. The molecule has 7 heteroatoms. The second-order valence-electron chi connectivity index (χ2n) is 4.64. The molecule has 1 unspecified atom stereocenters. The van der Waals surface area contributed by atoms with Crippen LogP contribution in [0.4, 0.5) is 13.2 Å². The number of nitrogens with zero attached hydrogens (tertiary/aromatic N) is 1. The zero-order chi connectivity index (χ0) is 15.5. The molecule has 0 bridgehead atoms. The van der Waals surface area contributed by atoms with Crippen molar-refractivity contribution >= 4 is 5.91 Å². The van der Waals surface area contributed by atoms with Crippen molar-refractivity contribution in [2.45, 2.75) is 25.6 Å². The summed E-state index contributed by atoms with van der Waals surface area (Å²) < 4.78 is 37.3. The van der Waals surface area contributed by atoms with Gasteiger partial charge < -0.3 is 10.3 Å². The van der Waals surface area contributed by atoms with E-state index in [4.69, 9.17) is 0 Å². The SMILES string of the molecule is CC(NC(=O)Cc1ccc(C(F)(F)F)cc1)c1ncc[nH]1. The van der Waals surface area contributed by atoms with E-state index < -0.39 is 11.7 Å². The predicted octanol–water partition coefficient (Wildman–Crippen LogP) is 2.85. The highest BCUT2D eigenvalue weighted by Crippen LogP contribution is 2.29. The van der Waals surface area contributed by atoms with E-state index in [9.17, 15) is 18.0 Å². The second-order valence-corrected chi connectivity index (χ2v) is 4.64. The van der Waals surface area contributed by atoms with Crippen molar-refractivity contribution in [1.29, 1.82) is 0 Å². The van der Waals surface area contributed by atoms with Gasteiger partial charge in [0.15, 0.2) is 0 Å². The van der Waals surface area contributed by atoms with E-state index in [1.165, 1.54) is 12.1 Å². The molecular weight excluding hydrogens is 283 g/mol. The van der Waals surface area contributed by atoms with E-state index in [1.54, 1.807) is 19.3 Å². The number of amides is 1. The van der Waals surface area contributed by atoms with Gasteiger partial charge in [-0.25, -0.2) is 4.98 Å². The summed E-state index contributed by atoms with van der Waals surface area (Å²) in [6.45, 7) is 1.77. The Hall–Kier alpha value is -2.31. The lowest BCUT2D eigenvalue weighted by atomic mass is 10.1. The van der Waals surface area contributed by atoms with Gasteiger partial charge in [-0.1, -0.05) is 12.1 Å². The van der Waals surface area contributed by atoms with E-state index in [-0.39, 0.29) is 18.4 Å². The van der Waals surface area contributed by atoms with Gasteiger partial charge in [-0.3, -0.25) is 4.79 Å². The molecule has 0 saturated carbocycles. The average Bonchev–Trinajstić information content (AvgIpc) is 2.92. The lowest BCUT2D eigenvalue weighted by Crippen LogP contribution is -2.28. The highest BCUT2D eigenvalue weighted by molar-refractivity contribution is 5.78. The number of H-pyrrole nitrogens is 1. The van der Waals surface area contributed by atoms with Crippen LogP contribution in [0.25, 0.3) is 0 Å². The number of hydrogen-bond donors (Lipinski definition) is 2. The quantitative estimate of drug-likeness (QED) is 0.911. The minimum absolute atomic E-state index is 0.0170. The fourth-order valence-corrected chi connectivity index (χ4v) is 1.87. The number of carbonyl (C=O) groups excluding carboxylic acids is 1. The smallest absolute Gasteiger partial charge is 0.347 e. The van der Waals surface area contributed by atoms with E-state index in [1.807, 2.05) is 0 Å². The van der Waals surface area contributed by atoms with Gasteiger partial charge in [0.05, 0.1) is 18.0 Å². The maximum Gasteiger partial charge on any atom is 0.416 e. The van der Waals surface area contributed by atoms with E-state index in [0.717, 1.165) is 12.1 Å². The van der Waals surface area contributed by atoms with Crippen molar-refractivity contribution in [3.63, 3.8) is 0 Å². The topological polar surface area (TPSA) is 57.8 Å².